The molecule has 0 saturated carbocycles. The Morgan fingerprint density at radius 3 is 2.88 bits per heavy atom. The van der Waals surface area contributed by atoms with Gasteiger partial charge < -0.3 is 4.74 Å². The van der Waals surface area contributed by atoms with E-state index in [1.165, 1.54) is 42.4 Å². The Morgan fingerprint density at radius 1 is 1.23 bits per heavy atom. The number of rotatable bonds is 6. The van der Waals surface area contributed by atoms with Crippen molar-refractivity contribution in [1.82, 2.24) is 9.27 Å². The molecule has 1 aromatic heterocycles. The summed E-state index contributed by atoms with van der Waals surface area (Å²) < 4.78 is 13.1. The molecule has 0 radical (unpaired) electrons. The summed E-state index contributed by atoms with van der Waals surface area (Å²) in [7, 11) is 0. The number of ether oxygens (including phenoxy) is 1. The molecule has 1 fully saturated rings. The molecule has 0 aliphatic carbocycles. The molecule has 1 atom stereocenters. The van der Waals surface area contributed by atoms with Gasteiger partial charge in [-0.1, -0.05) is 35.0 Å². The molecule has 1 aliphatic heterocycles. The van der Waals surface area contributed by atoms with E-state index in [-0.39, 0.29) is 0 Å². The number of nitrogens with zero attached hydrogens (tertiary/aromatic N) is 2. The monoisotopic (exact) mass is 430 g/mol. The van der Waals surface area contributed by atoms with Crippen molar-refractivity contribution in [3.05, 3.63) is 46.9 Å². The van der Waals surface area contributed by atoms with Crippen molar-refractivity contribution in [1.29, 1.82) is 0 Å². The molecule has 2 heterocycles. The van der Waals surface area contributed by atoms with Crippen LogP contribution in [0.25, 0.3) is 21.3 Å². The molecule has 0 spiro atoms. The van der Waals surface area contributed by atoms with Gasteiger partial charge in [0.05, 0.1) is 10.4 Å². The van der Waals surface area contributed by atoms with Gasteiger partial charge in [0, 0.05) is 21.5 Å². The minimum Gasteiger partial charge on any atom is -0.492 e. The van der Waals surface area contributed by atoms with E-state index in [0.717, 1.165) is 28.1 Å². The average molecular weight is 431 g/mol. The fourth-order valence-electron chi connectivity index (χ4n) is 3.68. The average Bonchev–Trinajstić information content (AvgIpc) is 3.27. The van der Waals surface area contributed by atoms with Crippen LogP contribution in [0.15, 0.2) is 46.9 Å². The summed E-state index contributed by atoms with van der Waals surface area (Å²) in [5.41, 5.74) is 2.20. The van der Waals surface area contributed by atoms with Crippen molar-refractivity contribution in [3.63, 3.8) is 0 Å². The minimum atomic E-state index is 0.561. The number of hydrogen-bond acceptors (Lipinski definition) is 4. The van der Waals surface area contributed by atoms with Crippen LogP contribution in [-0.4, -0.2) is 35.0 Å². The molecule has 4 rings (SSSR count). The van der Waals surface area contributed by atoms with E-state index in [1.807, 2.05) is 0 Å². The lowest BCUT2D eigenvalue weighted by Crippen LogP contribution is -2.34. The zero-order valence-corrected chi connectivity index (χ0v) is 17.4. The Bertz CT molecular complexity index is 877. The zero-order valence-electron chi connectivity index (χ0n) is 15.0. The van der Waals surface area contributed by atoms with Crippen LogP contribution in [-0.2, 0) is 0 Å². The molecule has 0 amide bonds. The second kappa shape index (κ2) is 8.07. The third-order valence-electron chi connectivity index (χ3n) is 5.01. The van der Waals surface area contributed by atoms with E-state index < -0.39 is 0 Å². The largest absolute Gasteiger partial charge is 0.492 e. The molecule has 3 nitrogen and oxygen atoms in total. The Balaban J connectivity index is 1.49. The Kier molecular flexibility index (Phi) is 5.57. The Morgan fingerprint density at radius 2 is 2.08 bits per heavy atom. The van der Waals surface area contributed by atoms with Gasteiger partial charge in [0.2, 0.25) is 0 Å². The van der Waals surface area contributed by atoms with Gasteiger partial charge >= 0.3 is 0 Å². The number of benzene rings is 2. The summed E-state index contributed by atoms with van der Waals surface area (Å²) in [6.45, 7) is 5.42. The molecule has 136 valence electrons. The van der Waals surface area contributed by atoms with Gasteiger partial charge in [0.25, 0.3) is 0 Å². The molecular weight excluding hydrogens is 408 g/mol. The van der Waals surface area contributed by atoms with Crippen LogP contribution in [0, 0.1) is 0 Å². The predicted octanol–water partition coefficient (Wildman–Crippen LogP) is 5.98. The summed E-state index contributed by atoms with van der Waals surface area (Å²) in [5, 5.41) is 1.19. The SMILES string of the molecule is CCCN1CCCC1COc1ccc2c(-c3ccc(Br)cc3)nsc2c1. The molecule has 26 heavy (non-hydrogen) atoms. The van der Waals surface area contributed by atoms with E-state index in [4.69, 9.17) is 4.74 Å². The summed E-state index contributed by atoms with van der Waals surface area (Å²) in [6, 6.07) is 15.2. The Hall–Kier alpha value is -1.43. The third-order valence-corrected chi connectivity index (χ3v) is 6.35. The van der Waals surface area contributed by atoms with Crippen LogP contribution in [0.2, 0.25) is 0 Å². The topological polar surface area (TPSA) is 25.4 Å². The highest BCUT2D eigenvalue weighted by atomic mass is 79.9. The lowest BCUT2D eigenvalue weighted by atomic mass is 10.1. The van der Waals surface area contributed by atoms with E-state index in [2.05, 4.69) is 74.6 Å². The molecule has 0 bridgehead atoms. The van der Waals surface area contributed by atoms with Crippen LogP contribution >= 0.6 is 27.5 Å². The lowest BCUT2D eigenvalue weighted by molar-refractivity contribution is 0.173. The summed E-state index contributed by atoms with van der Waals surface area (Å²) in [4.78, 5) is 2.57. The highest BCUT2D eigenvalue weighted by molar-refractivity contribution is 9.10. The normalized spacial score (nSPS) is 17.8. The first-order chi connectivity index (χ1) is 12.7. The lowest BCUT2D eigenvalue weighted by Gasteiger charge is -2.23. The number of halogens is 1. The van der Waals surface area contributed by atoms with Gasteiger partial charge in [-0.2, -0.15) is 4.37 Å². The van der Waals surface area contributed by atoms with Crippen molar-refractivity contribution in [2.45, 2.75) is 32.2 Å². The second-order valence-corrected chi connectivity index (χ2v) is 8.56. The van der Waals surface area contributed by atoms with Gasteiger partial charge in [0.15, 0.2) is 0 Å². The maximum Gasteiger partial charge on any atom is 0.120 e. The van der Waals surface area contributed by atoms with Crippen LogP contribution in [0.4, 0.5) is 0 Å². The van der Waals surface area contributed by atoms with Gasteiger partial charge in [-0.25, -0.2) is 0 Å². The smallest absolute Gasteiger partial charge is 0.120 e. The van der Waals surface area contributed by atoms with Crippen LogP contribution in [0.5, 0.6) is 5.75 Å². The highest BCUT2D eigenvalue weighted by Crippen LogP contribution is 2.34. The van der Waals surface area contributed by atoms with Crippen LogP contribution < -0.4 is 4.74 Å². The van der Waals surface area contributed by atoms with Crippen molar-refractivity contribution >= 4 is 37.5 Å². The summed E-state index contributed by atoms with van der Waals surface area (Å²) in [5.74, 6) is 0.951. The third kappa shape index (κ3) is 3.80. The first-order valence-electron chi connectivity index (χ1n) is 9.27. The first-order valence-corrected chi connectivity index (χ1v) is 10.8. The number of hydrogen-bond donors (Lipinski definition) is 0. The number of fused-ring (bicyclic) bond motifs is 1. The highest BCUT2D eigenvalue weighted by Gasteiger charge is 2.24. The van der Waals surface area contributed by atoms with Gasteiger partial charge in [-0.3, -0.25) is 4.90 Å². The maximum atomic E-state index is 6.14. The fourth-order valence-corrected chi connectivity index (χ4v) is 4.77. The molecular formula is C21H23BrN2OS. The van der Waals surface area contributed by atoms with Crippen molar-refractivity contribution in [2.24, 2.45) is 0 Å². The number of likely N-dealkylation sites (tertiary alicyclic amines) is 1. The summed E-state index contributed by atoms with van der Waals surface area (Å²) >= 11 is 5.03. The van der Waals surface area contributed by atoms with Crippen molar-refractivity contribution in [2.75, 3.05) is 19.7 Å². The molecule has 2 aromatic carbocycles. The quantitative estimate of drug-likeness (QED) is 0.480. The zero-order chi connectivity index (χ0) is 17.9. The van der Waals surface area contributed by atoms with Gasteiger partial charge in [-0.05, 0) is 74.2 Å². The molecule has 0 N–H and O–H groups in total. The van der Waals surface area contributed by atoms with Gasteiger partial charge in [0.1, 0.15) is 12.4 Å². The van der Waals surface area contributed by atoms with E-state index in [0.29, 0.717) is 6.04 Å². The van der Waals surface area contributed by atoms with Gasteiger partial charge in [-0.15, -0.1) is 0 Å². The first kappa shape index (κ1) is 18.0. The van der Waals surface area contributed by atoms with Crippen molar-refractivity contribution in [3.8, 4) is 17.0 Å². The second-order valence-electron chi connectivity index (χ2n) is 6.84. The standard InChI is InChI=1S/C21H23BrN2OS/c1-2-11-24-12-3-4-17(24)14-25-18-9-10-19-20(13-18)26-23-21(19)15-5-7-16(22)8-6-15/h5-10,13,17H,2-4,11-12,14H2,1H3. The van der Waals surface area contributed by atoms with Crippen molar-refractivity contribution < 1.29 is 4.74 Å². The molecule has 1 unspecified atom stereocenters. The van der Waals surface area contributed by atoms with E-state index in [9.17, 15) is 0 Å². The minimum absolute atomic E-state index is 0.561. The number of aromatic nitrogens is 1. The molecule has 3 aromatic rings. The fraction of sp³-hybridized carbons (Fsp3) is 0.381. The predicted molar refractivity (Wildman–Crippen MR) is 113 cm³/mol. The molecule has 1 aliphatic rings. The maximum absolute atomic E-state index is 6.14. The molecule has 1 saturated heterocycles. The summed E-state index contributed by atoms with van der Waals surface area (Å²) in [6.07, 6.45) is 3.75. The van der Waals surface area contributed by atoms with Crippen LogP contribution in [0.3, 0.4) is 0 Å². The van der Waals surface area contributed by atoms with E-state index >= 15 is 0 Å². The van der Waals surface area contributed by atoms with E-state index in [1.54, 1.807) is 11.5 Å². The van der Waals surface area contributed by atoms with Crippen LogP contribution in [0.1, 0.15) is 26.2 Å². The Labute approximate surface area is 167 Å². The molecule has 5 heteroatoms.